The monoisotopic (exact) mass is 342 g/mol. The van der Waals surface area contributed by atoms with Gasteiger partial charge in [0.05, 0.1) is 11.7 Å². The van der Waals surface area contributed by atoms with Crippen molar-refractivity contribution in [2.75, 3.05) is 6.54 Å². The van der Waals surface area contributed by atoms with Crippen molar-refractivity contribution in [2.45, 2.75) is 56.8 Å². The smallest absolute Gasteiger partial charge is 0.393 e. The molecule has 2 fully saturated rings. The van der Waals surface area contributed by atoms with Crippen LogP contribution in [0.3, 0.4) is 0 Å². The van der Waals surface area contributed by atoms with Gasteiger partial charge in [0.2, 0.25) is 0 Å². The summed E-state index contributed by atoms with van der Waals surface area (Å²) < 4.78 is 39.4. The summed E-state index contributed by atoms with van der Waals surface area (Å²) >= 11 is 0. The lowest BCUT2D eigenvalue weighted by atomic mass is 9.80. The number of aliphatic hydroxyl groups is 1. The first-order valence-electron chi connectivity index (χ1n) is 8.41. The lowest BCUT2D eigenvalue weighted by molar-refractivity contribution is -0.141. The highest BCUT2D eigenvalue weighted by Gasteiger charge is 2.42. The number of amides is 1. The van der Waals surface area contributed by atoms with Gasteiger partial charge in [-0.15, -0.1) is 0 Å². The highest BCUT2D eigenvalue weighted by molar-refractivity contribution is 5.95. The lowest BCUT2D eigenvalue weighted by Crippen LogP contribution is -2.45. The van der Waals surface area contributed by atoms with E-state index in [1.54, 1.807) is 0 Å². The van der Waals surface area contributed by atoms with Gasteiger partial charge in [0.25, 0.3) is 5.91 Å². The van der Waals surface area contributed by atoms with Crippen LogP contribution >= 0.6 is 0 Å². The summed E-state index contributed by atoms with van der Waals surface area (Å²) in [6.45, 7) is 0.429. The molecule has 1 amide bonds. The Morgan fingerprint density at radius 2 is 1.96 bits per heavy atom. The van der Waals surface area contributed by atoms with E-state index in [4.69, 9.17) is 0 Å². The zero-order valence-electron chi connectivity index (χ0n) is 13.3. The van der Waals surface area contributed by atoms with E-state index in [9.17, 15) is 23.1 Å². The second kappa shape index (κ2) is 6.70. The molecule has 0 spiro atoms. The molecule has 2 heterocycles. The molecule has 1 aliphatic heterocycles. The Kier molecular flexibility index (Phi) is 4.80. The van der Waals surface area contributed by atoms with E-state index in [0.717, 1.165) is 38.3 Å². The molecule has 0 bridgehead atoms. The zero-order chi connectivity index (χ0) is 17.3. The number of carbonyl (C=O) groups is 1. The van der Waals surface area contributed by atoms with E-state index in [2.05, 4.69) is 4.98 Å². The fourth-order valence-electron chi connectivity index (χ4n) is 4.04. The maximum Gasteiger partial charge on any atom is 0.434 e. The van der Waals surface area contributed by atoms with Gasteiger partial charge in [-0.25, -0.2) is 0 Å². The van der Waals surface area contributed by atoms with E-state index in [0.29, 0.717) is 13.0 Å². The number of alkyl halides is 3. The van der Waals surface area contributed by atoms with Gasteiger partial charge in [-0.2, -0.15) is 13.2 Å². The maximum atomic E-state index is 13.1. The molecule has 1 aromatic heterocycles. The van der Waals surface area contributed by atoms with Gasteiger partial charge >= 0.3 is 6.18 Å². The van der Waals surface area contributed by atoms with Crippen molar-refractivity contribution >= 4 is 5.91 Å². The van der Waals surface area contributed by atoms with Gasteiger partial charge in [0, 0.05) is 24.7 Å². The standard InChI is InChI=1S/C17H21F3N2O2/c18-17(19,20)15-12(6-3-9-21-15)16(24)22-10-4-7-13(22)11-5-1-2-8-14(11)23/h3,6,9,11,13-14,23H,1-2,4-5,7-8,10H2/t11-,13+,14-/m0/s1. The molecule has 1 saturated carbocycles. The predicted octanol–water partition coefficient (Wildman–Crippen LogP) is 3.26. The van der Waals surface area contributed by atoms with Crippen LogP contribution in [0.5, 0.6) is 0 Å². The number of pyridine rings is 1. The van der Waals surface area contributed by atoms with E-state index < -0.39 is 29.4 Å². The van der Waals surface area contributed by atoms with Crippen molar-refractivity contribution in [3.05, 3.63) is 29.6 Å². The number of carbonyl (C=O) groups excluding carboxylic acids is 1. The van der Waals surface area contributed by atoms with Crippen LogP contribution in [0.15, 0.2) is 18.3 Å². The largest absolute Gasteiger partial charge is 0.434 e. The van der Waals surface area contributed by atoms with Gasteiger partial charge < -0.3 is 10.0 Å². The molecule has 4 nitrogen and oxygen atoms in total. The number of likely N-dealkylation sites (tertiary alicyclic amines) is 1. The minimum absolute atomic E-state index is 0.0452. The number of aromatic nitrogens is 1. The van der Waals surface area contributed by atoms with Gasteiger partial charge in [0.1, 0.15) is 0 Å². The second-order valence-corrected chi connectivity index (χ2v) is 6.62. The van der Waals surface area contributed by atoms with Crippen LogP contribution in [0.25, 0.3) is 0 Å². The third-order valence-electron chi connectivity index (χ3n) is 5.14. The second-order valence-electron chi connectivity index (χ2n) is 6.62. The van der Waals surface area contributed by atoms with Gasteiger partial charge in [-0.05, 0) is 37.8 Å². The Morgan fingerprint density at radius 1 is 1.21 bits per heavy atom. The summed E-state index contributed by atoms with van der Waals surface area (Å²) in [7, 11) is 0. The third kappa shape index (κ3) is 3.27. The number of halogens is 3. The van der Waals surface area contributed by atoms with Gasteiger partial charge in [-0.1, -0.05) is 12.8 Å². The first-order valence-corrected chi connectivity index (χ1v) is 8.41. The number of hydrogen-bond acceptors (Lipinski definition) is 3. The van der Waals surface area contributed by atoms with Crippen LogP contribution in [0.2, 0.25) is 0 Å². The molecule has 1 aromatic rings. The third-order valence-corrected chi connectivity index (χ3v) is 5.14. The summed E-state index contributed by atoms with van der Waals surface area (Å²) in [4.78, 5) is 17.7. The van der Waals surface area contributed by atoms with Crippen LogP contribution in [0, 0.1) is 5.92 Å². The van der Waals surface area contributed by atoms with Crippen molar-refractivity contribution in [3.8, 4) is 0 Å². The zero-order valence-corrected chi connectivity index (χ0v) is 13.3. The predicted molar refractivity (Wildman–Crippen MR) is 81.3 cm³/mol. The molecular weight excluding hydrogens is 321 g/mol. The first kappa shape index (κ1) is 17.2. The van der Waals surface area contributed by atoms with Crippen molar-refractivity contribution in [1.82, 2.24) is 9.88 Å². The molecule has 3 rings (SSSR count). The molecule has 132 valence electrons. The van der Waals surface area contributed by atoms with E-state index in [-0.39, 0.29) is 12.0 Å². The summed E-state index contributed by atoms with van der Waals surface area (Å²) in [6, 6.07) is 2.35. The highest BCUT2D eigenvalue weighted by atomic mass is 19.4. The van der Waals surface area contributed by atoms with Crippen LogP contribution in [-0.4, -0.2) is 39.6 Å². The van der Waals surface area contributed by atoms with E-state index >= 15 is 0 Å². The van der Waals surface area contributed by atoms with Crippen LogP contribution in [0.1, 0.15) is 54.6 Å². The Hall–Kier alpha value is -1.63. The van der Waals surface area contributed by atoms with Crippen LogP contribution in [0.4, 0.5) is 13.2 Å². The number of rotatable bonds is 2. The summed E-state index contributed by atoms with van der Waals surface area (Å²) in [5.74, 6) is -0.674. The quantitative estimate of drug-likeness (QED) is 0.898. The first-order chi connectivity index (χ1) is 11.4. The average Bonchev–Trinajstić information content (AvgIpc) is 3.03. The molecule has 0 unspecified atom stereocenters. The Bertz CT molecular complexity index is 606. The van der Waals surface area contributed by atoms with E-state index in [1.165, 1.54) is 17.0 Å². The van der Waals surface area contributed by atoms with Crippen molar-refractivity contribution in [1.29, 1.82) is 0 Å². The molecule has 1 aliphatic carbocycles. The number of aliphatic hydroxyl groups excluding tert-OH is 1. The molecule has 0 aromatic carbocycles. The molecule has 3 atom stereocenters. The molecule has 24 heavy (non-hydrogen) atoms. The number of hydrogen-bond donors (Lipinski definition) is 1. The Balaban J connectivity index is 1.87. The van der Waals surface area contributed by atoms with Crippen molar-refractivity contribution in [3.63, 3.8) is 0 Å². The molecule has 2 aliphatic rings. The SMILES string of the molecule is O=C(c1cccnc1C(F)(F)F)N1CCC[C@@H]1[C@@H]1CCCC[C@@H]1O. The highest BCUT2D eigenvalue weighted by Crippen LogP contribution is 2.37. The molecule has 0 radical (unpaired) electrons. The number of nitrogens with zero attached hydrogens (tertiary/aromatic N) is 2. The summed E-state index contributed by atoms with van der Waals surface area (Å²) in [5.41, 5.74) is -1.54. The normalized spacial score (nSPS) is 28.2. The van der Waals surface area contributed by atoms with Crippen LogP contribution in [-0.2, 0) is 6.18 Å². The molecule has 7 heteroatoms. The van der Waals surface area contributed by atoms with Crippen molar-refractivity contribution < 1.29 is 23.1 Å². The van der Waals surface area contributed by atoms with Crippen LogP contribution < -0.4 is 0 Å². The maximum absolute atomic E-state index is 13.1. The molecule has 1 N–H and O–H groups in total. The topological polar surface area (TPSA) is 53.4 Å². The molecule has 1 saturated heterocycles. The van der Waals surface area contributed by atoms with Gasteiger partial charge in [0.15, 0.2) is 5.69 Å². The Morgan fingerprint density at radius 3 is 2.67 bits per heavy atom. The Labute approximate surface area is 138 Å². The molecular formula is C17H21F3N2O2. The fourth-order valence-corrected chi connectivity index (χ4v) is 4.04. The summed E-state index contributed by atoms with van der Waals surface area (Å²) in [5, 5.41) is 10.3. The van der Waals surface area contributed by atoms with Gasteiger partial charge in [-0.3, -0.25) is 9.78 Å². The van der Waals surface area contributed by atoms with Crippen molar-refractivity contribution in [2.24, 2.45) is 5.92 Å². The average molecular weight is 342 g/mol. The fraction of sp³-hybridized carbons (Fsp3) is 0.647. The lowest BCUT2D eigenvalue weighted by Gasteiger charge is -2.37. The van der Waals surface area contributed by atoms with E-state index in [1.807, 2.05) is 0 Å². The minimum atomic E-state index is -4.66. The minimum Gasteiger partial charge on any atom is -0.393 e. The summed E-state index contributed by atoms with van der Waals surface area (Å²) in [6.07, 6.45) is 0.848.